The van der Waals surface area contributed by atoms with Crippen LogP contribution in [0, 0.1) is 0 Å². The summed E-state index contributed by atoms with van der Waals surface area (Å²) >= 11 is 0. The molecule has 1 N–H and O–H groups in total. The molecule has 4 atom stereocenters. The Morgan fingerprint density at radius 1 is 1.27 bits per heavy atom. The summed E-state index contributed by atoms with van der Waals surface area (Å²) in [6, 6.07) is 0.996. The van der Waals surface area contributed by atoms with Crippen LogP contribution in [0.4, 0.5) is 0 Å². The molecule has 0 saturated carbocycles. The average molecular weight is 231 g/mol. The highest BCUT2D eigenvalue weighted by atomic mass is 31.2. The maximum absolute atomic E-state index is 12.8. The first-order valence-electron chi connectivity index (χ1n) is 5.99. The quantitative estimate of drug-likeness (QED) is 0.430. The zero-order valence-electron chi connectivity index (χ0n) is 9.94. The minimum absolute atomic E-state index is 0.498. The first-order chi connectivity index (χ1) is 7.09. The highest BCUT2D eigenvalue weighted by Crippen LogP contribution is 2.61. The zero-order chi connectivity index (χ0) is 11.1. The van der Waals surface area contributed by atoms with Gasteiger partial charge in [0.1, 0.15) is 0 Å². The summed E-state index contributed by atoms with van der Waals surface area (Å²) in [7, 11) is -2.37. The second-order valence-electron chi connectivity index (χ2n) is 4.75. The van der Waals surface area contributed by atoms with Gasteiger partial charge in [0.05, 0.1) is 0 Å². The lowest BCUT2D eigenvalue weighted by Crippen LogP contribution is -2.23. The van der Waals surface area contributed by atoms with Crippen LogP contribution < -0.4 is 5.09 Å². The molecule has 4 unspecified atom stereocenters. The van der Waals surface area contributed by atoms with E-state index in [4.69, 9.17) is 0 Å². The molecule has 0 bridgehead atoms. The lowest BCUT2D eigenvalue weighted by Gasteiger charge is -2.22. The van der Waals surface area contributed by atoms with Crippen LogP contribution >= 0.6 is 7.59 Å². The first kappa shape index (κ1) is 11.6. The van der Waals surface area contributed by atoms with E-state index in [-0.39, 0.29) is 0 Å². The molecule has 2 fully saturated rings. The first-order valence-corrected chi connectivity index (χ1v) is 7.60. The van der Waals surface area contributed by atoms with Gasteiger partial charge >= 0.3 is 0 Å². The largest absolute Gasteiger partial charge is 0.284 e. The molecule has 5 heteroatoms. The second kappa shape index (κ2) is 4.17. The molecule has 2 aliphatic rings. The van der Waals surface area contributed by atoms with Crippen LogP contribution in [0.3, 0.4) is 0 Å². The van der Waals surface area contributed by atoms with E-state index < -0.39 is 7.59 Å². The summed E-state index contributed by atoms with van der Waals surface area (Å²) < 4.78 is 17.0. The molecule has 2 saturated heterocycles. The van der Waals surface area contributed by atoms with E-state index in [0.717, 1.165) is 32.5 Å². The molecule has 4 nitrogen and oxygen atoms in total. The summed E-state index contributed by atoms with van der Waals surface area (Å²) in [5.74, 6) is 0. The van der Waals surface area contributed by atoms with Crippen molar-refractivity contribution in [2.45, 2.75) is 45.7 Å². The van der Waals surface area contributed by atoms with Crippen molar-refractivity contribution in [3.05, 3.63) is 0 Å². The summed E-state index contributed by atoms with van der Waals surface area (Å²) in [5.41, 5.74) is 0. The summed E-state index contributed by atoms with van der Waals surface area (Å²) in [6.07, 6.45) is 2.26. The van der Waals surface area contributed by atoms with Gasteiger partial charge in [0.15, 0.2) is 0 Å². The average Bonchev–Trinajstić information content (AvgIpc) is 3.05. The number of rotatable bonds is 6. The molecular weight excluding hydrogens is 209 g/mol. The Bertz CT molecular complexity index is 264. The van der Waals surface area contributed by atoms with Gasteiger partial charge in [-0.05, 0) is 20.3 Å². The van der Waals surface area contributed by atoms with Crippen LogP contribution in [-0.4, -0.2) is 41.1 Å². The van der Waals surface area contributed by atoms with Crippen molar-refractivity contribution >= 4 is 7.59 Å². The van der Waals surface area contributed by atoms with E-state index in [0.29, 0.717) is 12.1 Å². The van der Waals surface area contributed by atoms with Gasteiger partial charge in [-0.15, -0.1) is 0 Å². The SMILES string of the molecule is CCCCNP(=O)(N1CC1C)N1CC1C. The van der Waals surface area contributed by atoms with Crippen LogP contribution in [0.25, 0.3) is 0 Å². The Labute approximate surface area is 92.5 Å². The van der Waals surface area contributed by atoms with Crippen molar-refractivity contribution in [2.24, 2.45) is 0 Å². The van der Waals surface area contributed by atoms with E-state index in [2.05, 4.69) is 35.2 Å². The van der Waals surface area contributed by atoms with Gasteiger partial charge in [-0.2, -0.15) is 0 Å². The van der Waals surface area contributed by atoms with Crippen molar-refractivity contribution in [3.63, 3.8) is 0 Å². The van der Waals surface area contributed by atoms with Gasteiger partial charge in [-0.3, -0.25) is 4.57 Å². The molecule has 0 spiro atoms. The minimum Gasteiger partial charge on any atom is -0.270 e. The van der Waals surface area contributed by atoms with Gasteiger partial charge in [-0.1, -0.05) is 13.3 Å². The molecule has 2 heterocycles. The lowest BCUT2D eigenvalue weighted by molar-refractivity contribution is 0.487. The Kier molecular flexibility index (Phi) is 3.22. The molecule has 0 aromatic carbocycles. The van der Waals surface area contributed by atoms with Gasteiger partial charge in [0.25, 0.3) is 7.59 Å². The van der Waals surface area contributed by atoms with Gasteiger partial charge in [0.2, 0.25) is 0 Å². The highest BCUT2D eigenvalue weighted by Gasteiger charge is 2.54. The van der Waals surface area contributed by atoms with Crippen LogP contribution in [0.2, 0.25) is 0 Å². The molecule has 88 valence electrons. The Morgan fingerprint density at radius 2 is 1.73 bits per heavy atom. The number of hydrogen-bond acceptors (Lipinski definition) is 1. The van der Waals surface area contributed by atoms with Crippen LogP contribution in [0.1, 0.15) is 33.6 Å². The minimum atomic E-state index is -2.37. The van der Waals surface area contributed by atoms with Crippen molar-refractivity contribution in [1.29, 1.82) is 0 Å². The predicted octanol–water partition coefficient (Wildman–Crippen LogP) is 1.89. The zero-order valence-corrected chi connectivity index (χ0v) is 10.8. The monoisotopic (exact) mass is 231 g/mol. The van der Waals surface area contributed by atoms with Gasteiger partial charge in [0, 0.05) is 31.7 Å². The fraction of sp³-hybridized carbons (Fsp3) is 1.00. The maximum atomic E-state index is 12.8. The Balaban J connectivity index is 1.94. The maximum Gasteiger partial charge on any atom is 0.284 e. The summed E-state index contributed by atoms with van der Waals surface area (Å²) in [6.45, 7) is 9.29. The predicted molar refractivity (Wildman–Crippen MR) is 62.9 cm³/mol. The van der Waals surface area contributed by atoms with Crippen molar-refractivity contribution < 1.29 is 4.57 Å². The molecule has 0 radical (unpaired) electrons. The number of hydrogen-bond donors (Lipinski definition) is 1. The Hall–Kier alpha value is 0.110. The molecule has 15 heavy (non-hydrogen) atoms. The molecule has 0 aromatic rings. The fourth-order valence-electron chi connectivity index (χ4n) is 1.93. The Morgan fingerprint density at radius 3 is 2.07 bits per heavy atom. The van der Waals surface area contributed by atoms with E-state index in [1.807, 2.05) is 0 Å². The number of nitrogens with one attached hydrogen (secondary N) is 1. The highest BCUT2D eigenvalue weighted by molar-refractivity contribution is 7.57. The van der Waals surface area contributed by atoms with Crippen LogP contribution in [0.15, 0.2) is 0 Å². The molecule has 2 aliphatic heterocycles. The smallest absolute Gasteiger partial charge is 0.270 e. The van der Waals surface area contributed by atoms with Gasteiger partial charge < -0.3 is 0 Å². The van der Waals surface area contributed by atoms with Crippen molar-refractivity contribution in [3.8, 4) is 0 Å². The van der Waals surface area contributed by atoms with E-state index >= 15 is 0 Å². The van der Waals surface area contributed by atoms with Gasteiger partial charge in [-0.25, -0.2) is 14.4 Å². The van der Waals surface area contributed by atoms with E-state index in [9.17, 15) is 4.57 Å². The summed E-state index contributed by atoms with van der Waals surface area (Å²) in [4.78, 5) is 0. The molecule has 0 aliphatic carbocycles. The lowest BCUT2D eigenvalue weighted by atomic mass is 10.3. The second-order valence-corrected chi connectivity index (χ2v) is 7.18. The van der Waals surface area contributed by atoms with E-state index in [1.54, 1.807) is 0 Å². The fourth-order valence-corrected chi connectivity index (χ4v) is 5.03. The number of unbranched alkanes of at least 4 members (excludes halogenated alkanes) is 1. The molecule has 2 rings (SSSR count). The van der Waals surface area contributed by atoms with Crippen molar-refractivity contribution in [2.75, 3.05) is 19.6 Å². The van der Waals surface area contributed by atoms with Crippen LogP contribution in [-0.2, 0) is 4.57 Å². The molecule has 0 aromatic heterocycles. The number of nitrogens with zero attached hydrogens (tertiary/aromatic N) is 2. The third kappa shape index (κ3) is 2.28. The van der Waals surface area contributed by atoms with Crippen LogP contribution in [0.5, 0.6) is 0 Å². The topological polar surface area (TPSA) is 35.1 Å². The van der Waals surface area contributed by atoms with Crippen molar-refractivity contribution in [1.82, 2.24) is 14.4 Å². The third-order valence-corrected chi connectivity index (χ3v) is 6.34. The third-order valence-electron chi connectivity index (χ3n) is 3.20. The molecular formula is C10H22N3OP. The summed E-state index contributed by atoms with van der Waals surface area (Å²) in [5, 5.41) is 3.29. The molecule has 0 amide bonds. The van der Waals surface area contributed by atoms with E-state index in [1.165, 1.54) is 0 Å². The normalized spacial score (nSPS) is 42.3. The standard InChI is InChI=1S/C10H22N3OP/c1-4-5-6-11-15(14,12-7-9(12)2)13-8-10(13)3/h9-10H,4-8H2,1-3H3,(H,11,14).